The van der Waals surface area contributed by atoms with Gasteiger partial charge in [-0.15, -0.1) is 0 Å². The second-order valence-electron chi connectivity index (χ2n) is 4.18. The summed E-state index contributed by atoms with van der Waals surface area (Å²) in [4.78, 5) is 13.3. The van der Waals surface area contributed by atoms with Crippen molar-refractivity contribution in [3.63, 3.8) is 0 Å². The Labute approximate surface area is 106 Å². The van der Waals surface area contributed by atoms with E-state index < -0.39 is 0 Å². The van der Waals surface area contributed by atoms with E-state index in [4.69, 9.17) is 9.15 Å². The van der Waals surface area contributed by atoms with Crippen molar-refractivity contribution in [3.8, 4) is 0 Å². The summed E-state index contributed by atoms with van der Waals surface area (Å²) in [6.07, 6.45) is 1.25. The highest BCUT2D eigenvalue weighted by atomic mass is 16.5. The summed E-state index contributed by atoms with van der Waals surface area (Å²) in [6.45, 7) is 8.01. The van der Waals surface area contributed by atoms with Gasteiger partial charge in [-0.25, -0.2) is 0 Å². The fourth-order valence-corrected chi connectivity index (χ4v) is 1.83. The van der Waals surface area contributed by atoms with Gasteiger partial charge in [0.25, 0.3) is 0 Å². The topological polar surface area (TPSA) is 54.7 Å². The predicted molar refractivity (Wildman–Crippen MR) is 66.8 cm³/mol. The number of nitrogens with one attached hydrogen (secondary N) is 1. The number of hydrogen-bond donors (Lipinski definition) is 1. The quantitative estimate of drug-likeness (QED) is 0.789. The van der Waals surface area contributed by atoms with E-state index in [1.54, 1.807) is 0 Å². The molecule has 0 bridgehead atoms. The third-order valence-electron chi connectivity index (χ3n) is 2.82. The molecule has 1 saturated heterocycles. The molecular weight excluding hydrogens is 232 g/mol. The van der Waals surface area contributed by atoms with E-state index in [9.17, 15) is 4.79 Å². The molecule has 1 aromatic rings. The largest absolute Gasteiger partial charge is 0.463 e. The Morgan fingerprint density at radius 1 is 1.39 bits per heavy atom. The van der Waals surface area contributed by atoms with Gasteiger partial charge in [0, 0.05) is 13.1 Å². The zero-order valence-corrected chi connectivity index (χ0v) is 10.4. The summed E-state index contributed by atoms with van der Waals surface area (Å²) in [5.74, 6) is 1.48. The highest BCUT2D eigenvalue weighted by Crippen LogP contribution is 2.11. The molecule has 2 heterocycles. The number of ether oxygens (including phenoxy) is 1. The summed E-state index contributed by atoms with van der Waals surface area (Å²) in [7, 11) is 0. The normalized spacial score (nSPS) is 16.4. The van der Waals surface area contributed by atoms with E-state index >= 15 is 0 Å². The summed E-state index contributed by atoms with van der Waals surface area (Å²) < 4.78 is 10.9. The van der Waals surface area contributed by atoms with Crippen LogP contribution in [0.3, 0.4) is 0 Å². The van der Waals surface area contributed by atoms with Gasteiger partial charge in [-0.3, -0.25) is 9.69 Å². The van der Waals surface area contributed by atoms with Crippen molar-refractivity contribution in [2.45, 2.75) is 13.1 Å². The highest BCUT2D eigenvalue weighted by molar-refractivity contribution is 5.86. The van der Waals surface area contributed by atoms with Gasteiger partial charge in [-0.1, -0.05) is 6.58 Å². The molecule has 0 unspecified atom stereocenters. The second-order valence-corrected chi connectivity index (χ2v) is 4.18. The van der Waals surface area contributed by atoms with Crippen molar-refractivity contribution in [2.24, 2.45) is 0 Å². The average molecular weight is 250 g/mol. The molecule has 0 spiro atoms. The fraction of sp³-hybridized carbons (Fsp3) is 0.462. The average Bonchev–Trinajstić information content (AvgIpc) is 2.85. The molecule has 18 heavy (non-hydrogen) atoms. The lowest BCUT2D eigenvalue weighted by atomic mass is 10.3. The van der Waals surface area contributed by atoms with Crippen LogP contribution in [0.5, 0.6) is 0 Å². The van der Waals surface area contributed by atoms with Crippen molar-refractivity contribution in [3.05, 3.63) is 36.3 Å². The number of morpholine rings is 1. The maximum Gasteiger partial charge on any atom is 0.243 e. The third kappa shape index (κ3) is 3.72. The van der Waals surface area contributed by atoms with Crippen LogP contribution in [0.2, 0.25) is 0 Å². The maximum absolute atomic E-state index is 11.0. The lowest BCUT2D eigenvalue weighted by molar-refractivity contribution is -0.116. The van der Waals surface area contributed by atoms with E-state index in [0.29, 0.717) is 6.54 Å². The Hall–Kier alpha value is -1.59. The number of hydrogen-bond acceptors (Lipinski definition) is 4. The van der Waals surface area contributed by atoms with E-state index in [2.05, 4.69) is 16.8 Å². The number of furan rings is 1. The van der Waals surface area contributed by atoms with Crippen LogP contribution in [0.15, 0.2) is 29.2 Å². The molecule has 1 aliphatic rings. The second kappa shape index (κ2) is 6.37. The predicted octanol–water partition coefficient (Wildman–Crippen LogP) is 0.914. The van der Waals surface area contributed by atoms with E-state index in [1.165, 1.54) is 6.08 Å². The zero-order chi connectivity index (χ0) is 12.8. The molecule has 1 aliphatic heterocycles. The molecule has 5 nitrogen and oxygen atoms in total. The SMILES string of the molecule is C=CC(=O)NCc1ccc(CN2CCOCC2)o1. The molecule has 0 radical (unpaired) electrons. The first-order chi connectivity index (χ1) is 8.78. The molecular formula is C13H18N2O3. The molecule has 1 aromatic heterocycles. The summed E-state index contributed by atoms with van der Waals surface area (Å²) in [5, 5.41) is 2.68. The lowest BCUT2D eigenvalue weighted by Crippen LogP contribution is -2.35. The fourth-order valence-electron chi connectivity index (χ4n) is 1.83. The minimum atomic E-state index is -0.193. The molecule has 1 amide bonds. The number of amides is 1. The highest BCUT2D eigenvalue weighted by Gasteiger charge is 2.12. The Balaban J connectivity index is 1.81. The molecule has 2 rings (SSSR count). The van der Waals surface area contributed by atoms with Crippen LogP contribution < -0.4 is 5.32 Å². The number of nitrogens with zero attached hydrogens (tertiary/aromatic N) is 1. The zero-order valence-electron chi connectivity index (χ0n) is 10.4. The smallest absolute Gasteiger partial charge is 0.243 e. The summed E-state index contributed by atoms with van der Waals surface area (Å²) in [5.41, 5.74) is 0. The maximum atomic E-state index is 11.0. The monoisotopic (exact) mass is 250 g/mol. The lowest BCUT2D eigenvalue weighted by Gasteiger charge is -2.25. The van der Waals surface area contributed by atoms with Crippen LogP contribution in [-0.4, -0.2) is 37.1 Å². The van der Waals surface area contributed by atoms with Gasteiger partial charge >= 0.3 is 0 Å². The van der Waals surface area contributed by atoms with Crippen LogP contribution in [0.4, 0.5) is 0 Å². The number of rotatable bonds is 5. The van der Waals surface area contributed by atoms with Gasteiger partial charge in [0.05, 0.1) is 26.3 Å². The standard InChI is InChI=1S/C13H18N2O3/c1-2-13(16)14-9-11-3-4-12(18-11)10-15-5-7-17-8-6-15/h2-4H,1,5-10H2,(H,14,16). The first-order valence-electron chi connectivity index (χ1n) is 6.06. The van der Waals surface area contributed by atoms with E-state index in [1.807, 2.05) is 12.1 Å². The molecule has 98 valence electrons. The van der Waals surface area contributed by atoms with Crippen molar-refractivity contribution in [1.82, 2.24) is 10.2 Å². The van der Waals surface area contributed by atoms with Crippen LogP contribution in [0.25, 0.3) is 0 Å². The van der Waals surface area contributed by atoms with Crippen LogP contribution in [0, 0.1) is 0 Å². The Kier molecular flexibility index (Phi) is 4.55. The van der Waals surface area contributed by atoms with Crippen LogP contribution in [0.1, 0.15) is 11.5 Å². The molecule has 0 saturated carbocycles. The summed E-state index contributed by atoms with van der Waals surface area (Å²) >= 11 is 0. The molecule has 0 atom stereocenters. The molecule has 0 aromatic carbocycles. The minimum Gasteiger partial charge on any atom is -0.463 e. The van der Waals surface area contributed by atoms with Crippen LogP contribution in [-0.2, 0) is 22.6 Å². The van der Waals surface area contributed by atoms with Crippen LogP contribution >= 0.6 is 0 Å². The molecule has 1 N–H and O–H groups in total. The van der Waals surface area contributed by atoms with E-state index in [0.717, 1.165) is 44.4 Å². The van der Waals surface area contributed by atoms with Gasteiger partial charge in [0.15, 0.2) is 0 Å². The molecule has 5 heteroatoms. The molecule has 1 fully saturated rings. The first-order valence-corrected chi connectivity index (χ1v) is 6.06. The molecule has 0 aliphatic carbocycles. The van der Waals surface area contributed by atoms with Gasteiger partial charge in [-0.2, -0.15) is 0 Å². The van der Waals surface area contributed by atoms with Gasteiger partial charge in [0.1, 0.15) is 11.5 Å². The number of carbonyl (C=O) groups is 1. The van der Waals surface area contributed by atoms with Crippen molar-refractivity contribution in [1.29, 1.82) is 0 Å². The van der Waals surface area contributed by atoms with Crippen molar-refractivity contribution >= 4 is 5.91 Å². The Morgan fingerprint density at radius 2 is 2.11 bits per heavy atom. The van der Waals surface area contributed by atoms with Gasteiger partial charge in [0.2, 0.25) is 5.91 Å². The Morgan fingerprint density at radius 3 is 2.83 bits per heavy atom. The minimum absolute atomic E-state index is 0.193. The summed E-state index contributed by atoms with van der Waals surface area (Å²) in [6, 6.07) is 3.84. The van der Waals surface area contributed by atoms with Crippen molar-refractivity contribution < 1.29 is 13.9 Å². The van der Waals surface area contributed by atoms with Gasteiger partial charge in [-0.05, 0) is 18.2 Å². The van der Waals surface area contributed by atoms with E-state index in [-0.39, 0.29) is 5.91 Å². The van der Waals surface area contributed by atoms with Gasteiger partial charge < -0.3 is 14.5 Å². The Bertz CT molecular complexity index is 408. The number of carbonyl (C=O) groups excluding carboxylic acids is 1. The first kappa shape index (κ1) is 12.9. The van der Waals surface area contributed by atoms with Crippen molar-refractivity contribution in [2.75, 3.05) is 26.3 Å². The third-order valence-corrected chi connectivity index (χ3v) is 2.82.